The maximum Gasteiger partial charge on any atom is 0.366 e. The standard InChI is InChI=1S/C42H52O7Si2/c1-8-45-39(44)42-29-35(43)37(47-42)38(48-42)36(49-51(41(5,6)7,33-25-17-11-18-26-33)34-27-19-12-20-28-34)30-46-50(40(2,3)4,31-21-13-9-14-22-31)32-23-15-10-16-24-32/h9-28,35-38,43H,8,29-30H2,1-7H3/t35-,36+,37-,38-,42+/m0/s1. The van der Waals surface area contributed by atoms with Gasteiger partial charge in [0.05, 0.1) is 25.4 Å². The van der Waals surface area contributed by atoms with E-state index in [4.69, 9.17) is 23.1 Å². The maximum atomic E-state index is 13.4. The Kier molecular flexibility index (Phi) is 10.6. The normalized spacial score (nSPS) is 22.9. The van der Waals surface area contributed by atoms with Crippen LogP contribution in [0.25, 0.3) is 0 Å². The molecule has 4 aromatic carbocycles. The molecular formula is C42H52O7Si2. The van der Waals surface area contributed by atoms with Gasteiger partial charge in [-0.3, -0.25) is 0 Å². The summed E-state index contributed by atoms with van der Waals surface area (Å²) in [5.41, 5.74) is 0. The molecule has 5 atom stereocenters. The summed E-state index contributed by atoms with van der Waals surface area (Å²) in [5.74, 6) is -2.35. The molecule has 270 valence electrons. The second-order valence-corrected chi connectivity index (χ2v) is 24.3. The molecule has 0 saturated carbocycles. The van der Waals surface area contributed by atoms with E-state index in [0.29, 0.717) is 0 Å². The van der Waals surface area contributed by atoms with E-state index in [-0.39, 0.29) is 29.7 Å². The van der Waals surface area contributed by atoms with Crippen LogP contribution in [-0.4, -0.2) is 71.1 Å². The molecule has 0 amide bonds. The number of carbonyl (C=O) groups is 1. The first kappa shape index (κ1) is 37.3. The number of esters is 1. The van der Waals surface area contributed by atoms with Crippen molar-refractivity contribution in [1.29, 1.82) is 0 Å². The van der Waals surface area contributed by atoms with E-state index in [2.05, 4.69) is 139 Å². The van der Waals surface area contributed by atoms with Crippen LogP contribution in [0.4, 0.5) is 0 Å². The largest absolute Gasteiger partial charge is 0.462 e. The number of fused-ring (bicyclic) bond motifs is 2. The minimum absolute atomic E-state index is 0.00546. The molecule has 0 spiro atoms. The van der Waals surface area contributed by atoms with Crippen molar-refractivity contribution in [2.75, 3.05) is 13.2 Å². The smallest absolute Gasteiger partial charge is 0.366 e. The van der Waals surface area contributed by atoms with Crippen molar-refractivity contribution in [2.45, 2.75) is 95.2 Å². The van der Waals surface area contributed by atoms with Crippen LogP contribution >= 0.6 is 0 Å². The zero-order valence-electron chi connectivity index (χ0n) is 30.9. The van der Waals surface area contributed by atoms with Crippen LogP contribution in [0.2, 0.25) is 10.1 Å². The second kappa shape index (κ2) is 14.5. The van der Waals surface area contributed by atoms with Gasteiger partial charge in [-0.15, -0.1) is 0 Å². The molecule has 2 heterocycles. The van der Waals surface area contributed by atoms with Crippen molar-refractivity contribution in [3.8, 4) is 0 Å². The minimum Gasteiger partial charge on any atom is -0.462 e. The Morgan fingerprint density at radius 3 is 1.53 bits per heavy atom. The van der Waals surface area contributed by atoms with E-state index in [1.165, 1.54) is 0 Å². The number of benzene rings is 4. The zero-order chi connectivity index (χ0) is 36.5. The second-order valence-electron chi connectivity index (χ2n) is 15.7. The van der Waals surface area contributed by atoms with Crippen LogP contribution in [-0.2, 0) is 27.9 Å². The molecule has 2 fully saturated rings. The average molecular weight is 725 g/mol. The number of hydrogen-bond acceptors (Lipinski definition) is 7. The highest BCUT2D eigenvalue weighted by Gasteiger charge is 2.66. The Morgan fingerprint density at radius 1 is 0.725 bits per heavy atom. The van der Waals surface area contributed by atoms with E-state index in [1.807, 2.05) is 24.3 Å². The minimum atomic E-state index is -3.19. The van der Waals surface area contributed by atoms with Crippen LogP contribution in [0.5, 0.6) is 0 Å². The third-order valence-electron chi connectivity index (χ3n) is 10.4. The SMILES string of the molecule is CCOC(=O)[C@]12C[C@H](O)[C@H](O1)[C@H]([C@@H](CO[Si](c1ccccc1)(c1ccccc1)C(C)(C)C)O[Si](c1ccccc1)(c1ccccc1)C(C)(C)C)O2. The zero-order valence-corrected chi connectivity index (χ0v) is 32.9. The van der Waals surface area contributed by atoms with Gasteiger partial charge in [0.1, 0.15) is 12.2 Å². The summed E-state index contributed by atoms with van der Waals surface area (Å²) in [4.78, 5) is 13.4. The molecule has 2 aliphatic rings. The predicted octanol–water partition coefficient (Wildman–Crippen LogP) is 5.32. The summed E-state index contributed by atoms with van der Waals surface area (Å²) in [6.07, 6.45) is -3.34. The van der Waals surface area contributed by atoms with E-state index in [0.717, 1.165) is 20.7 Å². The quantitative estimate of drug-likeness (QED) is 0.157. The number of aliphatic hydroxyl groups excluding tert-OH is 1. The van der Waals surface area contributed by atoms with Gasteiger partial charge in [0.25, 0.3) is 22.4 Å². The molecule has 6 rings (SSSR count). The first-order valence-corrected chi connectivity index (χ1v) is 21.9. The molecule has 1 N–H and O–H groups in total. The summed E-state index contributed by atoms with van der Waals surface area (Å²) in [5, 5.41) is 15.3. The van der Waals surface area contributed by atoms with Gasteiger partial charge in [-0.1, -0.05) is 163 Å². The van der Waals surface area contributed by atoms with Crippen molar-refractivity contribution < 1.29 is 33.0 Å². The Morgan fingerprint density at radius 2 is 1.14 bits per heavy atom. The molecule has 2 aliphatic heterocycles. The topological polar surface area (TPSA) is 83.5 Å². The van der Waals surface area contributed by atoms with Gasteiger partial charge in [0.15, 0.2) is 0 Å². The molecule has 0 aliphatic carbocycles. The van der Waals surface area contributed by atoms with Crippen LogP contribution in [0.15, 0.2) is 121 Å². The van der Waals surface area contributed by atoms with Gasteiger partial charge in [0.2, 0.25) is 0 Å². The van der Waals surface area contributed by atoms with Crippen LogP contribution in [0, 0.1) is 0 Å². The molecule has 51 heavy (non-hydrogen) atoms. The molecule has 4 aromatic rings. The highest BCUT2D eigenvalue weighted by Crippen LogP contribution is 2.47. The van der Waals surface area contributed by atoms with E-state index < -0.39 is 52.8 Å². The average Bonchev–Trinajstić information content (AvgIpc) is 3.67. The highest BCUT2D eigenvalue weighted by molar-refractivity contribution is 7.00. The van der Waals surface area contributed by atoms with Gasteiger partial charge < -0.3 is 28.2 Å². The molecule has 2 bridgehead atoms. The Balaban J connectivity index is 1.53. The van der Waals surface area contributed by atoms with Gasteiger partial charge >= 0.3 is 5.97 Å². The number of rotatable bonds is 12. The lowest BCUT2D eigenvalue weighted by Gasteiger charge is -2.48. The van der Waals surface area contributed by atoms with Crippen LogP contribution in [0.3, 0.4) is 0 Å². The first-order valence-electron chi connectivity index (χ1n) is 18.0. The van der Waals surface area contributed by atoms with Gasteiger partial charge in [-0.2, -0.15) is 0 Å². The predicted molar refractivity (Wildman–Crippen MR) is 206 cm³/mol. The lowest BCUT2D eigenvalue weighted by Crippen LogP contribution is -2.71. The maximum absolute atomic E-state index is 13.4. The van der Waals surface area contributed by atoms with Crippen LogP contribution < -0.4 is 20.7 Å². The lowest BCUT2D eigenvalue weighted by molar-refractivity contribution is -0.213. The first-order chi connectivity index (χ1) is 24.3. The van der Waals surface area contributed by atoms with E-state index in [9.17, 15) is 9.90 Å². The van der Waals surface area contributed by atoms with Crippen LogP contribution in [0.1, 0.15) is 54.9 Å². The number of ether oxygens (including phenoxy) is 3. The molecule has 9 heteroatoms. The van der Waals surface area contributed by atoms with Crippen molar-refractivity contribution >= 4 is 43.4 Å². The van der Waals surface area contributed by atoms with Gasteiger partial charge in [0, 0.05) is 6.42 Å². The third kappa shape index (κ3) is 6.70. The third-order valence-corrected chi connectivity index (χ3v) is 20.5. The summed E-state index contributed by atoms with van der Waals surface area (Å²) in [6, 6.07) is 41.9. The van der Waals surface area contributed by atoms with Crippen molar-refractivity contribution in [1.82, 2.24) is 0 Å². The Bertz CT molecular complexity index is 1660. The Labute approximate surface area is 305 Å². The highest BCUT2D eigenvalue weighted by atomic mass is 28.4. The summed E-state index contributed by atoms with van der Waals surface area (Å²) in [6.45, 7) is 15.5. The molecular weight excluding hydrogens is 673 g/mol. The summed E-state index contributed by atoms with van der Waals surface area (Å²) in [7, 11) is -6.24. The van der Waals surface area contributed by atoms with E-state index >= 15 is 0 Å². The molecule has 0 aromatic heterocycles. The van der Waals surface area contributed by atoms with Gasteiger partial charge in [-0.25, -0.2) is 4.79 Å². The molecule has 0 unspecified atom stereocenters. The summed E-state index contributed by atoms with van der Waals surface area (Å²) >= 11 is 0. The monoisotopic (exact) mass is 724 g/mol. The molecule has 2 saturated heterocycles. The number of carbonyl (C=O) groups excluding carboxylic acids is 1. The fourth-order valence-corrected chi connectivity index (χ4v) is 17.4. The molecule has 0 radical (unpaired) electrons. The fraction of sp³-hybridized carbons (Fsp3) is 0.405. The fourth-order valence-electron chi connectivity index (χ4n) is 8.18. The number of hydrogen-bond donors (Lipinski definition) is 1. The van der Waals surface area contributed by atoms with E-state index in [1.54, 1.807) is 6.92 Å². The summed E-state index contributed by atoms with van der Waals surface area (Å²) < 4.78 is 33.8. The Hall–Kier alpha value is -3.42. The lowest BCUT2D eigenvalue weighted by atomic mass is 9.98. The van der Waals surface area contributed by atoms with Gasteiger partial charge in [-0.05, 0) is 37.7 Å². The van der Waals surface area contributed by atoms with Crippen molar-refractivity contribution in [3.63, 3.8) is 0 Å². The number of aliphatic hydroxyl groups is 1. The van der Waals surface area contributed by atoms with Crippen molar-refractivity contribution in [3.05, 3.63) is 121 Å². The van der Waals surface area contributed by atoms with Crippen molar-refractivity contribution in [2.24, 2.45) is 0 Å². The molecule has 7 nitrogen and oxygen atoms in total.